The van der Waals surface area contributed by atoms with Crippen LogP contribution in [0.4, 0.5) is 0 Å². The average molecular weight is 655 g/mol. The van der Waals surface area contributed by atoms with Gasteiger partial charge in [0.2, 0.25) is 0 Å². The van der Waals surface area contributed by atoms with Crippen molar-refractivity contribution in [2.75, 3.05) is 0 Å². The van der Waals surface area contributed by atoms with Crippen LogP contribution in [0.2, 0.25) is 0 Å². The smallest absolute Gasteiger partial charge is 0.0334 e. The second kappa shape index (κ2) is 13.9. The predicted molar refractivity (Wildman–Crippen MR) is 217 cm³/mol. The molecule has 0 atom stereocenters. The largest absolute Gasteiger partial charge is 0.0616 e. The van der Waals surface area contributed by atoms with E-state index in [0.717, 1.165) is 44.5 Å². The monoisotopic (exact) mass is 654 g/mol. The maximum atomic E-state index is 3.60. The third-order valence-electron chi connectivity index (χ3n) is 9.47. The minimum absolute atomic E-state index is 0.0721. The molecule has 0 saturated carbocycles. The lowest BCUT2D eigenvalue weighted by Crippen LogP contribution is -2.10. The van der Waals surface area contributed by atoms with Gasteiger partial charge < -0.3 is 0 Å². The minimum atomic E-state index is 0.0721. The van der Waals surface area contributed by atoms with Crippen molar-refractivity contribution in [1.82, 2.24) is 0 Å². The molecule has 0 aliphatic heterocycles. The van der Waals surface area contributed by atoms with Crippen LogP contribution >= 0.6 is 0 Å². The second-order valence-corrected chi connectivity index (χ2v) is 17.8. The molecule has 0 aliphatic rings. The maximum Gasteiger partial charge on any atom is 0.0334 e. The fourth-order valence-corrected chi connectivity index (χ4v) is 5.97. The van der Waals surface area contributed by atoms with Crippen LogP contribution in [0.3, 0.4) is 0 Å². The van der Waals surface area contributed by atoms with E-state index in [1.807, 2.05) is 0 Å². The van der Waals surface area contributed by atoms with E-state index in [1.165, 1.54) is 22.3 Å². The average Bonchev–Trinajstić information content (AvgIpc) is 3.05. The molecule has 5 aromatic rings. The van der Waals surface area contributed by atoms with E-state index in [1.54, 1.807) is 0 Å². The number of rotatable bonds is 2. The zero-order valence-electron chi connectivity index (χ0n) is 32.4. The highest BCUT2D eigenvalue weighted by Crippen LogP contribution is 2.35. The fourth-order valence-electron chi connectivity index (χ4n) is 5.97. The summed E-state index contributed by atoms with van der Waals surface area (Å²) in [5.74, 6) is 14.2. The van der Waals surface area contributed by atoms with Crippen molar-refractivity contribution in [3.8, 4) is 45.9 Å². The first-order valence-corrected chi connectivity index (χ1v) is 17.9. The molecule has 50 heavy (non-hydrogen) atoms. The van der Waals surface area contributed by atoms with Gasteiger partial charge in [-0.2, -0.15) is 0 Å². The van der Waals surface area contributed by atoms with Gasteiger partial charge in [0.05, 0.1) is 0 Å². The van der Waals surface area contributed by atoms with Crippen LogP contribution in [0.1, 0.15) is 128 Å². The van der Waals surface area contributed by atoms with E-state index in [2.05, 4.69) is 216 Å². The Bertz CT molecular complexity index is 1910. The molecule has 5 rings (SSSR count). The lowest BCUT2D eigenvalue weighted by atomic mass is 9.84. The zero-order chi connectivity index (χ0) is 36.5. The Labute approximate surface area is 303 Å². The number of hydrogen-bond acceptors (Lipinski definition) is 0. The van der Waals surface area contributed by atoms with E-state index < -0.39 is 0 Å². The molecular formula is C50H54. The molecule has 0 unspecified atom stereocenters. The van der Waals surface area contributed by atoms with E-state index in [0.29, 0.717) is 0 Å². The Morgan fingerprint density at radius 3 is 0.780 bits per heavy atom. The van der Waals surface area contributed by atoms with E-state index >= 15 is 0 Å². The molecule has 0 fully saturated rings. The highest BCUT2D eigenvalue weighted by Gasteiger charge is 2.18. The first kappa shape index (κ1) is 36.5. The van der Waals surface area contributed by atoms with Gasteiger partial charge >= 0.3 is 0 Å². The van der Waals surface area contributed by atoms with Gasteiger partial charge in [0.15, 0.2) is 0 Å². The molecule has 0 saturated heterocycles. The molecule has 0 bridgehead atoms. The van der Waals surface area contributed by atoms with Crippen LogP contribution in [0.25, 0.3) is 22.3 Å². The van der Waals surface area contributed by atoms with Gasteiger partial charge in [0.1, 0.15) is 0 Å². The van der Waals surface area contributed by atoms with Crippen LogP contribution in [0.5, 0.6) is 0 Å². The van der Waals surface area contributed by atoms with Crippen molar-refractivity contribution in [1.29, 1.82) is 0 Å². The Hall–Kier alpha value is -4.78. The minimum Gasteiger partial charge on any atom is -0.0616 e. The first-order chi connectivity index (χ1) is 23.3. The highest BCUT2D eigenvalue weighted by molar-refractivity contribution is 5.82. The van der Waals surface area contributed by atoms with Crippen LogP contribution in [0.15, 0.2) is 109 Å². The zero-order valence-corrected chi connectivity index (χ0v) is 32.4. The van der Waals surface area contributed by atoms with Crippen molar-refractivity contribution >= 4 is 0 Å². The molecule has 0 spiro atoms. The number of benzene rings is 5. The van der Waals surface area contributed by atoms with Crippen LogP contribution in [0, 0.1) is 23.7 Å². The normalized spacial score (nSPS) is 12.1. The molecule has 0 aliphatic carbocycles. The summed E-state index contributed by atoms with van der Waals surface area (Å²) < 4.78 is 0. The van der Waals surface area contributed by atoms with Gasteiger partial charge in [-0.1, -0.05) is 180 Å². The summed E-state index contributed by atoms with van der Waals surface area (Å²) >= 11 is 0. The lowest BCUT2D eigenvalue weighted by molar-refractivity contribution is 0.590. The molecule has 254 valence electrons. The topological polar surface area (TPSA) is 0 Å². The molecular weight excluding hydrogens is 601 g/mol. The van der Waals surface area contributed by atoms with Crippen molar-refractivity contribution in [2.24, 2.45) is 0 Å². The molecule has 0 nitrogen and oxygen atoms in total. The molecule has 0 N–H and O–H groups in total. The van der Waals surface area contributed by atoms with Gasteiger partial charge in [-0.15, -0.1) is 0 Å². The van der Waals surface area contributed by atoms with Crippen LogP contribution in [-0.2, 0) is 21.7 Å². The van der Waals surface area contributed by atoms with Gasteiger partial charge in [0.25, 0.3) is 0 Å². The van der Waals surface area contributed by atoms with Crippen molar-refractivity contribution in [3.63, 3.8) is 0 Å². The first-order valence-electron chi connectivity index (χ1n) is 17.9. The van der Waals surface area contributed by atoms with Crippen molar-refractivity contribution in [3.05, 3.63) is 154 Å². The summed E-state index contributed by atoms with van der Waals surface area (Å²) in [6, 6.07) is 39.8. The van der Waals surface area contributed by atoms with E-state index in [-0.39, 0.29) is 21.7 Å². The Morgan fingerprint density at radius 2 is 0.540 bits per heavy atom. The summed E-state index contributed by atoms with van der Waals surface area (Å²) in [5.41, 5.74) is 14.0. The van der Waals surface area contributed by atoms with Crippen LogP contribution in [-0.4, -0.2) is 0 Å². The number of hydrogen-bond donors (Lipinski definition) is 0. The van der Waals surface area contributed by atoms with Gasteiger partial charge in [-0.05, 0) is 103 Å². The lowest BCUT2D eigenvalue weighted by Gasteiger charge is -2.20. The Balaban J connectivity index is 1.71. The summed E-state index contributed by atoms with van der Waals surface area (Å²) in [5, 5.41) is 0. The van der Waals surface area contributed by atoms with Crippen LogP contribution < -0.4 is 0 Å². The SMILES string of the molecule is CC(C)(C)c1ccc(C#Cc2cc(-c3ccc(C(C)(C)C)cc3)c(C#Cc3ccc(C(C)(C)C)cc3)cc2-c2ccc(C(C)(C)C)cc2)cc1. The molecule has 0 aromatic heterocycles. The summed E-state index contributed by atoms with van der Waals surface area (Å²) in [6.07, 6.45) is 0. The standard InChI is InChI=1S/C50H54/c1-47(2,3)41-25-15-35(16-26-41)13-19-39-33-46(38-23-31-44(32-24-38)50(10,11)12)40(20-14-36-17-27-42(28-18-36)48(4,5)6)34-45(39)37-21-29-43(30-22-37)49(7,8)9/h15-18,21-34H,1-12H3. The Morgan fingerprint density at radius 1 is 0.300 bits per heavy atom. The van der Waals surface area contributed by atoms with Gasteiger partial charge in [0, 0.05) is 22.3 Å². The van der Waals surface area contributed by atoms with E-state index in [4.69, 9.17) is 0 Å². The Kier molecular flexibility index (Phi) is 10.1. The molecule has 5 aromatic carbocycles. The van der Waals surface area contributed by atoms with E-state index in [9.17, 15) is 0 Å². The molecule has 0 radical (unpaired) electrons. The molecule has 0 heterocycles. The summed E-state index contributed by atoms with van der Waals surface area (Å²) in [4.78, 5) is 0. The third-order valence-corrected chi connectivity index (χ3v) is 9.47. The van der Waals surface area contributed by atoms with Crippen molar-refractivity contribution < 1.29 is 0 Å². The quantitative estimate of drug-likeness (QED) is 0.166. The fraction of sp³-hybridized carbons (Fsp3) is 0.320. The van der Waals surface area contributed by atoms with Gasteiger partial charge in [-0.25, -0.2) is 0 Å². The predicted octanol–water partition coefficient (Wildman–Crippen LogP) is 13.0. The highest BCUT2D eigenvalue weighted by atomic mass is 14.2. The molecule has 0 amide bonds. The third kappa shape index (κ3) is 8.87. The maximum absolute atomic E-state index is 3.60. The van der Waals surface area contributed by atoms with Gasteiger partial charge in [-0.3, -0.25) is 0 Å². The summed E-state index contributed by atoms with van der Waals surface area (Å²) in [6.45, 7) is 27.0. The summed E-state index contributed by atoms with van der Waals surface area (Å²) in [7, 11) is 0. The van der Waals surface area contributed by atoms with Crippen molar-refractivity contribution in [2.45, 2.75) is 105 Å². The second-order valence-electron chi connectivity index (χ2n) is 17.8. The molecule has 0 heteroatoms.